The number of hydrogen-bond acceptors (Lipinski definition) is 3. The van der Waals surface area contributed by atoms with Crippen LogP contribution in [0.1, 0.15) is 48.5 Å². The first kappa shape index (κ1) is 21.8. The van der Waals surface area contributed by atoms with Crippen LogP contribution in [0.2, 0.25) is 0 Å². The zero-order valence-corrected chi connectivity index (χ0v) is 19.1. The summed E-state index contributed by atoms with van der Waals surface area (Å²) in [6.45, 7) is -1.69. The Hall–Kier alpha value is -3.68. The van der Waals surface area contributed by atoms with Crippen molar-refractivity contribution >= 4 is 27.6 Å². The summed E-state index contributed by atoms with van der Waals surface area (Å²) in [6.07, 6.45) is 8.85. The minimum Gasteiger partial charge on any atom is -0.435 e. The van der Waals surface area contributed by atoms with Crippen LogP contribution < -0.4 is 10.3 Å². The largest absolute Gasteiger partial charge is 0.435 e. The third kappa shape index (κ3) is 3.87. The molecule has 1 aliphatic carbocycles. The zero-order valence-electron chi connectivity index (χ0n) is 19.1. The van der Waals surface area contributed by atoms with E-state index in [9.17, 15) is 18.4 Å². The van der Waals surface area contributed by atoms with E-state index in [0.29, 0.717) is 35.8 Å². The average Bonchev–Trinajstić information content (AvgIpc) is 3.62. The van der Waals surface area contributed by atoms with E-state index in [1.54, 1.807) is 11.1 Å². The van der Waals surface area contributed by atoms with E-state index in [4.69, 9.17) is 0 Å². The maximum atomic E-state index is 13.7. The molecule has 6 rings (SSSR count). The fourth-order valence-electron chi connectivity index (χ4n) is 5.17. The van der Waals surface area contributed by atoms with Crippen LogP contribution in [0.4, 0.5) is 8.78 Å². The number of fused-ring (bicyclic) bond motifs is 2. The van der Waals surface area contributed by atoms with Gasteiger partial charge in [0.2, 0.25) is 0 Å². The summed E-state index contributed by atoms with van der Waals surface area (Å²) in [5.41, 5.74) is 1.67. The van der Waals surface area contributed by atoms with Gasteiger partial charge in [-0.15, -0.1) is 0 Å². The molecule has 6 nitrogen and oxygen atoms in total. The Bertz CT molecular complexity index is 1500. The van der Waals surface area contributed by atoms with Crippen LogP contribution >= 0.6 is 0 Å². The van der Waals surface area contributed by atoms with E-state index in [1.807, 2.05) is 30.5 Å². The first-order valence-corrected chi connectivity index (χ1v) is 12.0. The smallest absolute Gasteiger partial charge is 0.387 e. The number of rotatable bonds is 5. The van der Waals surface area contributed by atoms with Crippen molar-refractivity contribution in [3.05, 3.63) is 70.8 Å². The van der Waals surface area contributed by atoms with Crippen molar-refractivity contribution in [1.29, 1.82) is 0 Å². The Morgan fingerprint density at radius 1 is 0.971 bits per heavy atom. The topological polar surface area (TPSA) is 56.5 Å². The van der Waals surface area contributed by atoms with Crippen molar-refractivity contribution < 1.29 is 18.3 Å². The SMILES string of the molecule is O=C(c1cn(-c2cccc3c2ccn3C2CC2)c(=O)c2cc(OC(F)F)ccc12)N1CCCCC1. The van der Waals surface area contributed by atoms with Gasteiger partial charge in [0.1, 0.15) is 5.75 Å². The molecular weight excluding hydrogens is 452 g/mol. The van der Waals surface area contributed by atoms with E-state index in [2.05, 4.69) is 9.30 Å². The number of carbonyl (C=O) groups excluding carboxylic acids is 1. The van der Waals surface area contributed by atoms with Gasteiger partial charge in [0.15, 0.2) is 0 Å². The van der Waals surface area contributed by atoms with Crippen LogP contribution in [-0.2, 0) is 0 Å². The van der Waals surface area contributed by atoms with Crippen molar-refractivity contribution in [2.45, 2.75) is 44.8 Å². The summed E-state index contributed by atoms with van der Waals surface area (Å²) in [7, 11) is 0. The molecule has 2 aromatic heterocycles. The van der Waals surface area contributed by atoms with Crippen LogP contribution in [-0.4, -0.2) is 39.6 Å². The summed E-state index contributed by atoms with van der Waals surface area (Å²) < 4.78 is 34.1. The Morgan fingerprint density at radius 2 is 1.77 bits per heavy atom. The number of amides is 1. The lowest BCUT2D eigenvalue weighted by Crippen LogP contribution is -2.36. The number of alkyl halides is 2. The molecule has 1 aliphatic heterocycles. The molecule has 180 valence electrons. The number of ether oxygens (including phenoxy) is 1. The monoisotopic (exact) mass is 477 g/mol. The van der Waals surface area contributed by atoms with Gasteiger partial charge in [0.25, 0.3) is 11.5 Å². The lowest BCUT2D eigenvalue weighted by Gasteiger charge is -2.27. The minimum atomic E-state index is -3.01. The van der Waals surface area contributed by atoms with Gasteiger partial charge < -0.3 is 14.2 Å². The highest BCUT2D eigenvalue weighted by molar-refractivity contribution is 6.07. The highest BCUT2D eigenvalue weighted by Crippen LogP contribution is 2.38. The van der Waals surface area contributed by atoms with E-state index >= 15 is 0 Å². The third-order valence-electron chi connectivity index (χ3n) is 7.03. The first-order valence-electron chi connectivity index (χ1n) is 12.0. The summed E-state index contributed by atoms with van der Waals surface area (Å²) in [5, 5.41) is 1.51. The molecule has 1 amide bonds. The first-order chi connectivity index (χ1) is 17.0. The maximum Gasteiger partial charge on any atom is 0.387 e. The molecule has 2 aliphatic rings. The number of nitrogens with zero attached hydrogens (tertiary/aromatic N) is 3. The van der Waals surface area contributed by atoms with Crippen molar-refractivity contribution in [2.24, 2.45) is 0 Å². The normalized spacial score (nSPS) is 16.4. The van der Waals surface area contributed by atoms with Crippen molar-refractivity contribution in [3.8, 4) is 11.4 Å². The van der Waals surface area contributed by atoms with Gasteiger partial charge in [0.05, 0.1) is 22.2 Å². The Morgan fingerprint density at radius 3 is 2.51 bits per heavy atom. The highest BCUT2D eigenvalue weighted by Gasteiger charge is 2.26. The van der Waals surface area contributed by atoms with E-state index < -0.39 is 6.61 Å². The number of halogens is 2. The quantitative estimate of drug-likeness (QED) is 0.381. The average molecular weight is 478 g/mol. The minimum absolute atomic E-state index is 0.114. The molecule has 1 saturated heterocycles. The van der Waals surface area contributed by atoms with Crippen LogP contribution in [0.3, 0.4) is 0 Å². The van der Waals surface area contributed by atoms with Gasteiger partial charge >= 0.3 is 6.61 Å². The molecule has 0 unspecified atom stereocenters. The second-order valence-corrected chi connectivity index (χ2v) is 9.32. The summed E-state index contributed by atoms with van der Waals surface area (Å²) in [4.78, 5) is 29.1. The molecule has 0 spiro atoms. The fourth-order valence-corrected chi connectivity index (χ4v) is 5.17. The maximum absolute atomic E-state index is 13.7. The molecule has 2 aromatic carbocycles. The van der Waals surface area contributed by atoms with Crippen LogP contribution in [0.25, 0.3) is 27.4 Å². The van der Waals surface area contributed by atoms with Crippen LogP contribution in [0.15, 0.2) is 59.7 Å². The molecule has 8 heteroatoms. The molecule has 35 heavy (non-hydrogen) atoms. The van der Waals surface area contributed by atoms with Gasteiger partial charge in [-0.25, -0.2) is 0 Å². The fraction of sp³-hybridized carbons (Fsp3) is 0.333. The number of benzene rings is 2. The second-order valence-electron chi connectivity index (χ2n) is 9.32. The highest BCUT2D eigenvalue weighted by atomic mass is 19.3. The van der Waals surface area contributed by atoms with Crippen molar-refractivity contribution in [3.63, 3.8) is 0 Å². The second kappa shape index (κ2) is 8.52. The molecule has 0 radical (unpaired) electrons. The number of hydrogen-bond donors (Lipinski definition) is 0. The molecule has 3 heterocycles. The Kier molecular flexibility index (Phi) is 5.31. The number of pyridine rings is 1. The third-order valence-corrected chi connectivity index (χ3v) is 7.03. The molecule has 0 N–H and O–H groups in total. The molecule has 1 saturated carbocycles. The van der Waals surface area contributed by atoms with Crippen molar-refractivity contribution in [2.75, 3.05) is 13.1 Å². The molecule has 2 fully saturated rings. The number of aromatic nitrogens is 2. The predicted octanol–water partition coefficient (Wildman–Crippen LogP) is 5.51. The predicted molar refractivity (Wildman–Crippen MR) is 130 cm³/mol. The Balaban J connectivity index is 1.58. The lowest BCUT2D eigenvalue weighted by atomic mass is 10.0. The molecule has 0 atom stereocenters. The van der Waals surface area contributed by atoms with Crippen LogP contribution in [0, 0.1) is 0 Å². The lowest BCUT2D eigenvalue weighted by molar-refractivity contribution is -0.0497. The number of carbonyl (C=O) groups is 1. The van der Waals surface area contributed by atoms with Gasteiger partial charge in [-0.1, -0.05) is 6.07 Å². The summed E-state index contributed by atoms with van der Waals surface area (Å²) >= 11 is 0. The Labute approximate surface area is 200 Å². The van der Waals surface area contributed by atoms with Crippen LogP contribution in [0.5, 0.6) is 5.75 Å². The van der Waals surface area contributed by atoms with Gasteiger partial charge in [0, 0.05) is 42.3 Å². The van der Waals surface area contributed by atoms with Crippen molar-refractivity contribution in [1.82, 2.24) is 14.0 Å². The number of likely N-dealkylation sites (tertiary alicyclic amines) is 1. The zero-order chi connectivity index (χ0) is 24.1. The summed E-state index contributed by atoms with van der Waals surface area (Å²) in [6, 6.07) is 12.4. The number of piperidine rings is 1. The molecule has 0 bridgehead atoms. The van der Waals surface area contributed by atoms with Gasteiger partial charge in [-0.05, 0) is 68.5 Å². The van der Waals surface area contributed by atoms with E-state index in [1.165, 1.54) is 22.8 Å². The molecule has 4 aromatic rings. The van der Waals surface area contributed by atoms with Gasteiger partial charge in [-0.3, -0.25) is 14.2 Å². The molecular formula is C27H25F2N3O3. The van der Waals surface area contributed by atoms with E-state index in [-0.39, 0.29) is 22.6 Å². The van der Waals surface area contributed by atoms with E-state index in [0.717, 1.165) is 43.0 Å². The summed E-state index contributed by atoms with van der Waals surface area (Å²) in [5.74, 6) is -0.273. The van der Waals surface area contributed by atoms with Gasteiger partial charge in [-0.2, -0.15) is 8.78 Å². The standard InChI is InChI=1S/C27H25F2N3O3/c28-27(29)35-18-9-10-19-21(15-18)26(34)32(16-22(19)25(33)30-12-2-1-3-13-30)24-6-4-5-23-20(24)11-14-31(23)17-7-8-17/h4-6,9-11,14-17,27H,1-3,7-8,12-13H2.